The van der Waals surface area contributed by atoms with Crippen molar-refractivity contribution in [2.75, 3.05) is 0 Å². The quantitative estimate of drug-likeness (QED) is 0.156. The minimum atomic E-state index is -0.264. The number of rotatable bonds is 6. The van der Waals surface area contributed by atoms with Gasteiger partial charge in [0.1, 0.15) is 0 Å². The van der Waals surface area contributed by atoms with Gasteiger partial charge in [-0.15, -0.1) is 0 Å². The van der Waals surface area contributed by atoms with Crippen molar-refractivity contribution >= 4 is 0 Å². The molecule has 0 aromatic heterocycles. The van der Waals surface area contributed by atoms with Crippen LogP contribution in [0.5, 0.6) is 0 Å². The molecule has 0 heteroatoms. The summed E-state index contributed by atoms with van der Waals surface area (Å²) < 4.78 is 0. The standard InChI is InChI=1S/3C26H20.3C16H16/c1-19-11-10-17-23-22-16-8-9-18-24(22)26(25(19)23,20-12-4-2-5-13-20)21-14-6-3-7-15-21;1-19-16-17-25-23(18-19)22-14-8-9-15-24(22)26(25,20-10-4-2-5-11-20)21-12-6-3-7-13-21;1-19-16-17-23-22-14-8-9-15-24(22)26(25(23)18-19,20-10-4-2-5-11-20)21-12-6-3-7-13-21;1-11-7-6-9-13-12-8-4-5-10-14(12)16(2,3)15(11)13;1-11-8-9-15-13(10-11)12-6-4-5-7-14(12)16(15,2)3;1-11-8-9-13-12-6-4-5-7-14(12)16(2,3)15(13)10-11/h3*2-18H,1H3;3*4-10H,1-3H3. The second kappa shape index (κ2) is 32.9. The largest absolute Gasteiger partial charge is 0.0716 e. The van der Waals surface area contributed by atoms with Crippen LogP contribution >= 0.6 is 0 Å². The minimum absolute atomic E-state index is 0.150. The first kappa shape index (κ1) is 81.6. The zero-order chi connectivity index (χ0) is 86.7. The van der Waals surface area contributed by atoms with Gasteiger partial charge in [-0.25, -0.2) is 0 Å². The van der Waals surface area contributed by atoms with Crippen molar-refractivity contribution in [2.24, 2.45) is 0 Å². The van der Waals surface area contributed by atoms with Crippen LogP contribution in [0.15, 0.2) is 437 Å². The second-order valence-corrected chi connectivity index (χ2v) is 36.8. The lowest BCUT2D eigenvalue weighted by Gasteiger charge is -2.34. The topological polar surface area (TPSA) is 0 Å². The monoisotopic (exact) mass is 1620 g/mol. The summed E-state index contributed by atoms with van der Waals surface area (Å²) in [6.07, 6.45) is 0. The molecule has 0 bridgehead atoms. The van der Waals surface area contributed by atoms with Crippen molar-refractivity contribution in [2.45, 2.75) is 116 Å². The molecule has 0 heterocycles. The van der Waals surface area contributed by atoms with Gasteiger partial charge in [-0.2, -0.15) is 0 Å². The number of fused-ring (bicyclic) bond motifs is 18. The molecule has 0 saturated carbocycles. The fourth-order valence-corrected chi connectivity index (χ4v) is 22.6. The Morgan fingerprint density at radius 1 is 0.135 bits per heavy atom. The third-order valence-electron chi connectivity index (χ3n) is 28.2. The summed E-state index contributed by atoms with van der Waals surface area (Å²) in [4.78, 5) is 0. The van der Waals surface area contributed by atoms with E-state index in [9.17, 15) is 0 Å². The Labute approximate surface area is 747 Å². The third kappa shape index (κ3) is 13.4. The van der Waals surface area contributed by atoms with Gasteiger partial charge >= 0.3 is 0 Å². The second-order valence-electron chi connectivity index (χ2n) is 36.8. The summed E-state index contributed by atoms with van der Waals surface area (Å²) in [5.41, 5.74) is 49.3. The van der Waals surface area contributed by atoms with Crippen molar-refractivity contribution in [3.05, 3.63) is 570 Å². The average molecular weight is 1620 g/mol. The van der Waals surface area contributed by atoms with Gasteiger partial charge in [0.15, 0.2) is 0 Å². The molecule has 612 valence electrons. The van der Waals surface area contributed by atoms with Crippen LogP contribution < -0.4 is 0 Å². The van der Waals surface area contributed by atoms with E-state index >= 15 is 0 Å². The predicted molar refractivity (Wildman–Crippen MR) is 532 cm³/mol. The summed E-state index contributed by atoms with van der Waals surface area (Å²) in [6, 6.07) is 159. The molecule has 0 atom stereocenters. The average Bonchev–Trinajstić information content (AvgIpc) is 1.53. The van der Waals surface area contributed by atoms with Crippen LogP contribution in [0.25, 0.3) is 66.8 Å². The van der Waals surface area contributed by atoms with Crippen LogP contribution in [0.4, 0.5) is 0 Å². The Morgan fingerprint density at radius 2 is 0.357 bits per heavy atom. The van der Waals surface area contributed by atoms with Crippen LogP contribution in [0.2, 0.25) is 0 Å². The summed E-state index contributed by atoms with van der Waals surface area (Å²) in [6.45, 7) is 27.0. The van der Waals surface area contributed by atoms with Gasteiger partial charge in [0.2, 0.25) is 0 Å². The first-order chi connectivity index (χ1) is 61.3. The van der Waals surface area contributed by atoms with E-state index in [0.717, 1.165) is 0 Å². The van der Waals surface area contributed by atoms with Crippen molar-refractivity contribution < 1.29 is 0 Å². The van der Waals surface area contributed by atoms with Gasteiger partial charge in [-0.1, -0.05) is 501 Å². The van der Waals surface area contributed by atoms with Crippen molar-refractivity contribution in [1.29, 1.82) is 0 Å². The molecular weight excluding hydrogens is 1510 g/mol. The SMILES string of the molecule is Cc1ccc2c(c1)-c1ccccc1C2(C)C.Cc1ccc2c(c1)-c1ccccc1C2(c1ccccc1)c1ccccc1.Cc1ccc2c(c1)C(C)(C)c1ccccc1-2.Cc1ccc2c(c1)C(c1ccccc1)(c1ccccc1)c1ccccc1-2.Cc1cccc2c1C(C)(C)c1ccccc1-2.Cc1cccc2c1C(c1ccccc1)(c1ccccc1)c1ccccc1-2. The van der Waals surface area contributed by atoms with E-state index in [-0.39, 0.29) is 32.5 Å². The Kier molecular flexibility index (Phi) is 21.3. The third-order valence-corrected chi connectivity index (χ3v) is 28.2. The normalized spacial score (nSPS) is 14.6. The molecule has 0 fully saturated rings. The fraction of sp³-hybridized carbons (Fsp3) is 0.143. The van der Waals surface area contributed by atoms with Crippen LogP contribution in [0.1, 0.15) is 175 Å². The van der Waals surface area contributed by atoms with Crippen LogP contribution in [-0.2, 0) is 32.5 Å². The van der Waals surface area contributed by atoms with E-state index in [2.05, 4.69) is 520 Å². The lowest BCUT2D eigenvalue weighted by molar-refractivity contribution is 0.655. The molecule has 18 aromatic carbocycles. The highest BCUT2D eigenvalue weighted by Gasteiger charge is 2.50. The smallest absolute Gasteiger partial charge is 0.0622 e. The van der Waals surface area contributed by atoms with Gasteiger partial charge in [0.25, 0.3) is 0 Å². The molecule has 0 spiro atoms. The van der Waals surface area contributed by atoms with E-state index in [4.69, 9.17) is 0 Å². The van der Waals surface area contributed by atoms with E-state index in [1.807, 2.05) is 0 Å². The molecule has 6 aliphatic carbocycles. The van der Waals surface area contributed by atoms with Gasteiger partial charge in [-0.3, -0.25) is 0 Å². The molecule has 0 aliphatic heterocycles. The van der Waals surface area contributed by atoms with E-state index < -0.39 is 0 Å². The lowest BCUT2D eigenvalue weighted by Crippen LogP contribution is -2.29. The number of benzene rings is 18. The van der Waals surface area contributed by atoms with E-state index in [0.29, 0.717) is 0 Å². The van der Waals surface area contributed by atoms with Crippen molar-refractivity contribution in [3.8, 4) is 66.8 Å². The molecule has 0 saturated heterocycles. The summed E-state index contributed by atoms with van der Waals surface area (Å²) >= 11 is 0. The van der Waals surface area contributed by atoms with Crippen LogP contribution in [0.3, 0.4) is 0 Å². The maximum atomic E-state index is 2.37. The highest BCUT2D eigenvalue weighted by atomic mass is 14.5. The molecule has 6 aliphatic rings. The molecule has 0 unspecified atom stereocenters. The molecule has 24 rings (SSSR count). The van der Waals surface area contributed by atoms with Gasteiger partial charge < -0.3 is 0 Å². The van der Waals surface area contributed by atoms with Crippen molar-refractivity contribution in [3.63, 3.8) is 0 Å². The van der Waals surface area contributed by atoms with Gasteiger partial charge in [0, 0.05) is 16.2 Å². The highest BCUT2D eigenvalue weighted by Crippen LogP contribution is 2.61. The molecule has 126 heavy (non-hydrogen) atoms. The Morgan fingerprint density at radius 3 is 0.778 bits per heavy atom. The van der Waals surface area contributed by atoms with Crippen LogP contribution in [-0.4, -0.2) is 0 Å². The summed E-state index contributed by atoms with van der Waals surface area (Å²) in [7, 11) is 0. The minimum Gasteiger partial charge on any atom is -0.0622 e. The maximum absolute atomic E-state index is 2.37. The van der Waals surface area contributed by atoms with Crippen molar-refractivity contribution in [1.82, 2.24) is 0 Å². The zero-order valence-electron chi connectivity index (χ0n) is 74.6. The lowest BCUT2D eigenvalue weighted by atomic mass is 9.67. The fourth-order valence-electron chi connectivity index (χ4n) is 22.6. The highest BCUT2D eigenvalue weighted by molar-refractivity contribution is 5.91. The van der Waals surface area contributed by atoms with E-state index in [1.54, 1.807) is 0 Å². The first-order valence-corrected chi connectivity index (χ1v) is 44.9. The maximum Gasteiger partial charge on any atom is 0.0716 e. The first-order valence-electron chi connectivity index (χ1n) is 44.9. The van der Waals surface area contributed by atoms with E-state index in [1.165, 1.54) is 200 Å². The summed E-state index contributed by atoms with van der Waals surface area (Å²) in [5, 5.41) is 0. The molecule has 0 radical (unpaired) electrons. The molecule has 18 aromatic rings. The van der Waals surface area contributed by atoms with Gasteiger partial charge in [0.05, 0.1) is 16.2 Å². The molecule has 0 nitrogen and oxygen atoms in total. The Balaban J connectivity index is 0.000000100. The predicted octanol–water partition coefficient (Wildman–Crippen LogP) is 32.0. The number of hydrogen-bond donors (Lipinski definition) is 0. The Bertz CT molecular complexity index is 6940. The number of aryl methyl sites for hydroxylation is 6. The Hall–Kier alpha value is -14.0. The summed E-state index contributed by atoms with van der Waals surface area (Å²) in [5.74, 6) is 0. The van der Waals surface area contributed by atoms with Crippen LogP contribution in [0, 0.1) is 41.5 Å². The molecular formula is C126H108. The number of hydrogen-bond acceptors (Lipinski definition) is 0. The molecule has 0 N–H and O–H groups in total. The molecule has 0 amide bonds. The van der Waals surface area contributed by atoms with Gasteiger partial charge in [-0.05, 0) is 220 Å². The zero-order valence-corrected chi connectivity index (χ0v) is 74.6.